The van der Waals surface area contributed by atoms with Gasteiger partial charge in [0.25, 0.3) is 11.5 Å². The summed E-state index contributed by atoms with van der Waals surface area (Å²) >= 11 is 1.51. The summed E-state index contributed by atoms with van der Waals surface area (Å²) in [6.07, 6.45) is 4.75. The zero-order valence-corrected chi connectivity index (χ0v) is 21.9. The number of aromatic hydroxyl groups is 1. The number of nitrogens with one attached hydrogen (secondary N) is 1. The highest BCUT2D eigenvalue weighted by Gasteiger charge is 2.28. The van der Waals surface area contributed by atoms with Crippen LogP contribution in [0.4, 0.5) is 4.39 Å². The number of benzene rings is 2. The summed E-state index contributed by atoms with van der Waals surface area (Å²) in [5, 5.41) is 22.3. The largest absolute Gasteiger partial charge is 0.507 e. The van der Waals surface area contributed by atoms with E-state index in [0.717, 1.165) is 17.2 Å². The molecule has 1 saturated carbocycles. The number of carbonyl (C=O) groups excluding carboxylic acids is 1. The number of amides is 1. The number of halogens is 1. The Morgan fingerprint density at radius 1 is 1.13 bits per heavy atom. The zero-order valence-electron chi connectivity index (χ0n) is 21.1. The maximum absolute atomic E-state index is 14.2. The highest BCUT2D eigenvalue weighted by molar-refractivity contribution is 7.98. The molecule has 0 atom stereocenters. The Morgan fingerprint density at radius 3 is 2.62 bits per heavy atom. The van der Waals surface area contributed by atoms with Gasteiger partial charge in [-0.15, -0.1) is 11.8 Å². The fraction of sp³-hybridized carbons (Fsp3) is 0.286. The van der Waals surface area contributed by atoms with Gasteiger partial charge in [-0.2, -0.15) is 0 Å². The summed E-state index contributed by atoms with van der Waals surface area (Å²) in [4.78, 5) is 45.1. The van der Waals surface area contributed by atoms with Gasteiger partial charge < -0.3 is 15.5 Å². The zero-order chi connectivity index (χ0) is 27.7. The van der Waals surface area contributed by atoms with Crippen LogP contribution in [-0.2, 0) is 6.61 Å². The number of phenols is 1. The number of aromatic nitrogens is 3. The van der Waals surface area contributed by atoms with Crippen LogP contribution >= 0.6 is 11.8 Å². The van der Waals surface area contributed by atoms with Gasteiger partial charge in [0.05, 0.1) is 29.4 Å². The first-order valence-electron chi connectivity index (χ1n) is 12.5. The molecular formula is C28H27FN4O5S. The Morgan fingerprint density at radius 2 is 1.90 bits per heavy atom. The van der Waals surface area contributed by atoms with Crippen molar-refractivity contribution in [2.24, 2.45) is 0 Å². The summed E-state index contributed by atoms with van der Waals surface area (Å²) in [6.45, 7) is -0.259. The Labute approximate surface area is 226 Å². The minimum Gasteiger partial charge on any atom is -0.507 e. The normalized spacial score (nSPS) is 17.3. The van der Waals surface area contributed by atoms with E-state index in [4.69, 9.17) is 0 Å². The highest BCUT2D eigenvalue weighted by Crippen LogP contribution is 2.29. The maximum atomic E-state index is 14.2. The van der Waals surface area contributed by atoms with Gasteiger partial charge >= 0.3 is 5.69 Å². The molecule has 2 aromatic carbocycles. The molecule has 3 N–H and O–H groups in total. The third kappa shape index (κ3) is 5.19. The topological polar surface area (TPSA) is 126 Å². The molecule has 0 aliphatic heterocycles. The van der Waals surface area contributed by atoms with Crippen LogP contribution in [-0.4, -0.2) is 42.5 Å². The van der Waals surface area contributed by atoms with E-state index in [1.54, 1.807) is 12.1 Å². The number of pyridine rings is 1. The summed E-state index contributed by atoms with van der Waals surface area (Å²) in [6, 6.07) is 12.0. The number of hydrogen-bond donors (Lipinski definition) is 3. The third-order valence-corrected chi connectivity index (χ3v) is 7.81. The van der Waals surface area contributed by atoms with Gasteiger partial charge in [0, 0.05) is 17.0 Å². The van der Waals surface area contributed by atoms with E-state index in [1.165, 1.54) is 39.1 Å². The molecular weight excluding hydrogens is 523 g/mol. The number of hydrogen-bond acceptors (Lipinski definition) is 7. The second kappa shape index (κ2) is 11.0. The molecule has 2 aromatic heterocycles. The molecule has 1 aliphatic carbocycles. The molecule has 0 unspecified atom stereocenters. The van der Waals surface area contributed by atoms with Crippen molar-refractivity contribution >= 4 is 28.7 Å². The lowest BCUT2D eigenvalue weighted by Crippen LogP contribution is -2.45. The van der Waals surface area contributed by atoms with Crippen molar-refractivity contribution in [3.05, 3.63) is 92.5 Å². The molecule has 4 aromatic rings. The number of fused-ring (bicyclic) bond motifs is 1. The van der Waals surface area contributed by atoms with Gasteiger partial charge in [0.15, 0.2) is 5.65 Å². The standard InChI is InChI=1S/C28H27FN4O5S/c1-39-21-4-2-3-20(13-21)32-25-23(12-17(29)14-30-25)27(37)33(28(32)38)19-8-6-18(7-9-19)31-26(36)22-11-16(15-34)5-10-24(22)35/h2-5,10-14,18-19,34-35H,6-9,15H2,1H3,(H,31,36)/t18-,19+. The monoisotopic (exact) mass is 550 g/mol. The molecule has 1 aliphatic rings. The average molecular weight is 551 g/mol. The molecule has 0 bridgehead atoms. The second-order valence-electron chi connectivity index (χ2n) is 9.51. The minimum atomic E-state index is -0.672. The van der Waals surface area contributed by atoms with E-state index in [2.05, 4.69) is 10.3 Å². The molecule has 1 fully saturated rings. The fourth-order valence-electron chi connectivity index (χ4n) is 5.09. The summed E-state index contributed by atoms with van der Waals surface area (Å²) in [5.41, 5.74) is 0.0323. The van der Waals surface area contributed by atoms with Crippen molar-refractivity contribution in [2.45, 2.75) is 49.3 Å². The van der Waals surface area contributed by atoms with Crippen molar-refractivity contribution in [2.75, 3.05) is 6.26 Å². The lowest BCUT2D eigenvalue weighted by Gasteiger charge is -2.30. The van der Waals surface area contributed by atoms with Gasteiger partial charge in [-0.3, -0.25) is 14.2 Å². The predicted octanol–water partition coefficient (Wildman–Crippen LogP) is 3.52. The Bertz CT molecular complexity index is 1680. The van der Waals surface area contributed by atoms with Crippen LogP contribution in [0, 0.1) is 5.82 Å². The first-order valence-corrected chi connectivity index (χ1v) is 13.7. The molecule has 0 saturated heterocycles. The molecule has 202 valence electrons. The summed E-state index contributed by atoms with van der Waals surface area (Å²) in [5.74, 6) is -1.33. The van der Waals surface area contributed by atoms with E-state index in [1.807, 2.05) is 18.4 Å². The molecule has 39 heavy (non-hydrogen) atoms. The van der Waals surface area contributed by atoms with Crippen molar-refractivity contribution in [1.82, 2.24) is 19.4 Å². The summed E-state index contributed by atoms with van der Waals surface area (Å²) in [7, 11) is 0. The van der Waals surface area contributed by atoms with Crippen LogP contribution in [0.25, 0.3) is 16.7 Å². The van der Waals surface area contributed by atoms with Crippen LogP contribution in [0.5, 0.6) is 5.75 Å². The van der Waals surface area contributed by atoms with E-state index < -0.39 is 29.0 Å². The maximum Gasteiger partial charge on any atom is 0.337 e. The van der Waals surface area contributed by atoms with Gasteiger partial charge in [-0.05, 0) is 73.9 Å². The van der Waals surface area contributed by atoms with Crippen LogP contribution in [0.2, 0.25) is 0 Å². The van der Waals surface area contributed by atoms with Crippen LogP contribution in [0.1, 0.15) is 47.6 Å². The minimum absolute atomic E-state index is 0.0128. The van der Waals surface area contributed by atoms with Crippen molar-refractivity contribution in [3.8, 4) is 11.4 Å². The number of phenolic OH excluding ortho intramolecular Hbond substituents is 1. The van der Waals surface area contributed by atoms with Gasteiger partial charge in [-0.1, -0.05) is 12.1 Å². The lowest BCUT2D eigenvalue weighted by atomic mass is 9.90. The predicted molar refractivity (Wildman–Crippen MR) is 146 cm³/mol. The fourth-order valence-corrected chi connectivity index (χ4v) is 5.55. The Kier molecular flexibility index (Phi) is 7.53. The average Bonchev–Trinajstić information content (AvgIpc) is 2.94. The van der Waals surface area contributed by atoms with E-state index in [0.29, 0.717) is 36.9 Å². The van der Waals surface area contributed by atoms with Crippen molar-refractivity contribution in [1.29, 1.82) is 0 Å². The first-order chi connectivity index (χ1) is 18.8. The molecule has 1 amide bonds. The number of rotatable bonds is 6. The number of thioether (sulfide) groups is 1. The SMILES string of the molecule is CSc1cccc(-n2c(=O)n([C@H]3CC[C@@H](NC(=O)c4cc(CO)ccc4O)CC3)c(=O)c3cc(F)cnc32)c1. The Hall–Kier alpha value is -3.96. The molecule has 9 nitrogen and oxygen atoms in total. The number of aliphatic hydroxyl groups excluding tert-OH is 1. The number of carbonyl (C=O) groups is 1. The summed E-state index contributed by atoms with van der Waals surface area (Å²) < 4.78 is 16.7. The number of aliphatic hydroxyl groups is 1. The third-order valence-electron chi connectivity index (χ3n) is 7.09. The highest BCUT2D eigenvalue weighted by atomic mass is 32.2. The smallest absolute Gasteiger partial charge is 0.337 e. The molecule has 0 spiro atoms. The van der Waals surface area contributed by atoms with Gasteiger partial charge in [0.2, 0.25) is 0 Å². The molecule has 11 heteroatoms. The quantitative estimate of drug-likeness (QED) is 0.314. The van der Waals surface area contributed by atoms with Gasteiger partial charge in [0.1, 0.15) is 11.6 Å². The first kappa shape index (κ1) is 26.6. The molecule has 0 radical (unpaired) electrons. The van der Waals surface area contributed by atoms with Crippen molar-refractivity contribution < 1.29 is 19.4 Å². The second-order valence-corrected chi connectivity index (χ2v) is 10.4. The van der Waals surface area contributed by atoms with E-state index in [-0.39, 0.29) is 35.0 Å². The van der Waals surface area contributed by atoms with E-state index >= 15 is 0 Å². The molecule has 2 heterocycles. The molecule has 5 rings (SSSR count). The van der Waals surface area contributed by atoms with Crippen molar-refractivity contribution in [3.63, 3.8) is 0 Å². The van der Waals surface area contributed by atoms with Crippen LogP contribution in [0.15, 0.2) is 69.2 Å². The van der Waals surface area contributed by atoms with E-state index in [9.17, 15) is 29.0 Å². The van der Waals surface area contributed by atoms with Crippen LogP contribution < -0.4 is 16.6 Å². The van der Waals surface area contributed by atoms with Gasteiger partial charge in [-0.25, -0.2) is 18.7 Å². The number of nitrogens with zero attached hydrogens (tertiary/aromatic N) is 3. The van der Waals surface area contributed by atoms with Crippen LogP contribution in [0.3, 0.4) is 0 Å². The Balaban J connectivity index is 1.45. The lowest BCUT2D eigenvalue weighted by molar-refractivity contribution is 0.0919.